The van der Waals surface area contributed by atoms with Gasteiger partial charge in [0.1, 0.15) is 0 Å². The number of nitrogens with two attached hydrogens (primary N) is 1. The highest BCUT2D eigenvalue weighted by molar-refractivity contribution is 5.80. The molecule has 1 saturated carbocycles. The molecule has 0 radical (unpaired) electrons. The lowest BCUT2D eigenvalue weighted by atomic mass is 9.94. The van der Waals surface area contributed by atoms with E-state index in [1.54, 1.807) is 6.08 Å². The van der Waals surface area contributed by atoms with Gasteiger partial charge in [-0.15, -0.1) is 6.58 Å². The van der Waals surface area contributed by atoms with Crippen LogP contribution in [0.1, 0.15) is 31.4 Å². The zero-order chi connectivity index (χ0) is 13.8. The second-order valence-electron chi connectivity index (χ2n) is 5.24. The minimum absolute atomic E-state index is 0.138. The van der Waals surface area contributed by atoms with Crippen LogP contribution >= 0.6 is 0 Å². The van der Waals surface area contributed by atoms with E-state index in [1.165, 1.54) is 0 Å². The molecule has 1 aromatic carbocycles. The third-order valence-electron chi connectivity index (χ3n) is 3.71. The summed E-state index contributed by atoms with van der Waals surface area (Å²) in [4.78, 5) is 14.4. The average molecular weight is 258 g/mol. The second kappa shape index (κ2) is 6.02. The number of carbonyl (C=O) groups is 1. The molecule has 0 aliphatic heterocycles. The minimum atomic E-state index is -0.250. The predicted molar refractivity (Wildman–Crippen MR) is 77.5 cm³/mol. The molecule has 0 heterocycles. The van der Waals surface area contributed by atoms with Gasteiger partial charge in [0.15, 0.2) is 0 Å². The number of hydrogen-bond acceptors (Lipinski definition) is 2. The molecular weight excluding hydrogens is 236 g/mol. The lowest BCUT2D eigenvalue weighted by molar-refractivity contribution is -0.135. The summed E-state index contributed by atoms with van der Waals surface area (Å²) in [6, 6.07) is 9.96. The van der Waals surface area contributed by atoms with E-state index in [1.807, 2.05) is 42.2 Å². The molecule has 1 amide bonds. The van der Waals surface area contributed by atoms with Gasteiger partial charge in [0.05, 0.1) is 5.92 Å². The number of carbonyl (C=O) groups excluding carboxylic acids is 1. The molecule has 1 aliphatic carbocycles. The standard InChI is InChI=1S/C16H22N2O/c1-3-11-18(14-9-10-14)16(19)12(2)15(17)13-7-5-4-6-8-13/h3-8,12,14-15H,1,9-11,17H2,2H3. The quantitative estimate of drug-likeness (QED) is 0.797. The lowest BCUT2D eigenvalue weighted by Crippen LogP contribution is -2.40. The van der Waals surface area contributed by atoms with Gasteiger partial charge in [0.2, 0.25) is 5.91 Å². The second-order valence-corrected chi connectivity index (χ2v) is 5.24. The van der Waals surface area contributed by atoms with Crippen molar-refractivity contribution in [2.75, 3.05) is 6.54 Å². The van der Waals surface area contributed by atoms with E-state index in [4.69, 9.17) is 5.73 Å². The van der Waals surface area contributed by atoms with Gasteiger partial charge < -0.3 is 10.6 Å². The number of hydrogen-bond donors (Lipinski definition) is 1. The Bertz CT molecular complexity index is 439. The van der Waals surface area contributed by atoms with E-state index in [2.05, 4.69) is 6.58 Å². The molecule has 3 heteroatoms. The van der Waals surface area contributed by atoms with Crippen molar-refractivity contribution >= 4 is 5.91 Å². The Hall–Kier alpha value is -1.61. The highest BCUT2D eigenvalue weighted by Gasteiger charge is 2.35. The van der Waals surface area contributed by atoms with Crippen molar-refractivity contribution in [1.82, 2.24) is 4.90 Å². The minimum Gasteiger partial charge on any atom is -0.336 e. The summed E-state index contributed by atoms with van der Waals surface area (Å²) in [6.45, 7) is 6.27. The summed E-state index contributed by atoms with van der Waals surface area (Å²) >= 11 is 0. The number of benzene rings is 1. The van der Waals surface area contributed by atoms with E-state index in [0.717, 1.165) is 18.4 Å². The molecule has 1 aliphatic rings. The van der Waals surface area contributed by atoms with Crippen molar-refractivity contribution in [3.8, 4) is 0 Å². The average Bonchev–Trinajstić information content (AvgIpc) is 3.28. The zero-order valence-electron chi connectivity index (χ0n) is 11.5. The van der Waals surface area contributed by atoms with Crippen molar-refractivity contribution < 1.29 is 4.79 Å². The fraction of sp³-hybridized carbons (Fsp3) is 0.438. The third-order valence-corrected chi connectivity index (χ3v) is 3.71. The van der Waals surface area contributed by atoms with Crippen LogP contribution in [-0.4, -0.2) is 23.4 Å². The largest absolute Gasteiger partial charge is 0.336 e. The summed E-state index contributed by atoms with van der Waals surface area (Å²) in [7, 11) is 0. The topological polar surface area (TPSA) is 46.3 Å². The Kier molecular flexibility index (Phi) is 4.38. The molecule has 0 spiro atoms. The van der Waals surface area contributed by atoms with Gasteiger partial charge in [-0.3, -0.25) is 4.79 Å². The maximum atomic E-state index is 12.5. The van der Waals surface area contributed by atoms with Crippen molar-refractivity contribution in [2.24, 2.45) is 11.7 Å². The fourth-order valence-electron chi connectivity index (χ4n) is 2.32. The summed E-state index contributed by atoms with van der Waals surface area (Å²) in [5.74, 6) is -0.0679. The van der Waals surface area contributed by atoms with E-state index >= 15 is 0 Å². The molecule has 3 nitrogen and oxygen atoms in total. The Balaban J connectivity index is 2.07. The van der Waals surface area contributed by atoms with E-state index in [-0.39, 0.29) is 17.9 Å². The van der Waals surface area contributed by atoms with Crippen molar-refractivity contribution in [2.45, 2.75) is 31.8 Å². The van der Waals surface area contributed by atoms with Crippen LogP contribution in [0.5, 0.6) is 0 Å². The summed E-state index contributed by atoms with van der Waals surface area (Å²) in [5, 5.41) is 0. The summed E-state index contributed by atoms with van der Waals surface area (Å²) in [5.41, 5.74) is 7.23. The van der Waals surface area contributed by atoms with Crippen LogP contribution in [0.2, 0.25) is 0 Å². The molecule has 0 bridgehead atoms. The van der Waals surface area contributed by atoms with Gasteiger partial charge >= 0.3 is 0 Å². The Morgan fingerprint density at radius 3 is 2.63 bits per heavy atom. The first-order valence-electron chi connectivity index (χ1n) is 6.87. The first-order valence-corrected chi connectivity index (χ1v) is 6.87. The lowest BCUT2D eigenvalue weighted by Gasteiger charge is -2.27. The molecule has 19 heavy (non-hydrogen) atoms. The summed E-state index contributed by atoms with van der Waals surface area (Å²) in [6.07, 6.45) is 4.00. The van der Waals surface area contributed by atoms with Crippen LogP contribution in [0.25, 0.3) is 0 Å². The molecule has 1 fully saturated rings. The summed E-state index contributed by atoms with van der Waals surface area (Å²) < 4.78 is 0. The van der Waals surface area contributed by atoms with E-state index in [9.17, 15) is 4.79 Å². The number of nitrogens with zero attached hydrogens (tertiary/aromatic N) is 1. The van der Waals surface area contributed by atoms with Crippen LogP contribution in [0, 0.1) is 5.92 Å². The van der Waals surface area contributed by atoms with Gasteiger partial charge in [-0.25, -0.2) is 0 Å². The normalized spacial score (nSPS) is 17.6. The Labute approximate surface area is 115 Å². The van der Waals surface area contributed by atoms with Crippen molar-refractivity contribution in [3.63, 3.8) is 0 Å². The number of rotatable bonds is 6. The molecule has 0 saturated heterocycles. The molecule has 0 aromatic heterocycles. The maximum absolute atomic E-state index is 12.5. The van der Waals surface area contributed by atoms with Gasteiger partial charge in [-0.2, -0.15) is 0 Å². The maximum Gasteiger partial charge on any atom is 0.227 e. The highest BCUT2D eigenvalue weighted by Crippen LogP contribution is 2.30. The molecule has 2 atom stereocenters. The smallest absolute Gasteiger partial charge is 0.227 e. The first-order chi connectivity index (χ1) is 9.15. The van der Waals surface area contributed by atoms with Gasteiger partial charge in [0, 0.05) is 18.6 Å². The highest BCUT2D eigenvalue weighted by atomic mass is 16.2. The van der Waals surface area contributed by atoms with Crippen LogP contribution in [-0.2, 0) is 4.79 Å². The van der Waals surface area contributed by atoms with E-state index < -0.39 is 0 Å². The van der Waals surface area contributed by atoms with Gasteiger partial charge in [0.25, 0.3) is 0 Å². The molecule has 1 aromatic rings. The predicted octanol–water partition coefficient (Wildman–Crippen LogP) is 2.50. The third kappa shape index (κ3) is 3.24. The fourth-order valence-corrected chi connectivity index (χ4v) is 2.32. The van der Waals surface area contributed by atoms with Gasteiger partial charge in [-0.05, 0) is 18.4 Å². The molecule has 102 valence electrons. The first kappa shape index (κ1) is 13.8. The SMILES string of the molecule is C=CCN(C(=O)C(C)C(N)c1ccccc1)C1CC1. The molecular formula is C16H22N2O. The molecule has 2 N–H and O–H groups in total. The van der Waals surface area contributed by atoms with Crippen LogP contribution < -0.4 is 5.73 Å². The van der Waals surface area contributed by atoms with E-state index in [0.29, 0.717) is 12.6 Å². The zero-order valence-corrected chi connectivity index (χ0v) is 11.5. The monoisotopic (exact) mass is 258 g/mol. The van der Waals surface area contributed by atoms with Crippen molar-refractivity contribution in [1.29, 1.82) is 0 Å². The number of amides is 1. The van der Waals surface area contributed by atoms with Crippen molar-refractivity contribution in [3.05, 3.63) is 48.6 Å². The van der Waals surface area contributed by atoms with Gasteiger partial charge in [-0.1, -0.05) is 43.3 Å². The van der Waals surface area contributed by atoms with Crippen LogP contribution in [0.4, 0.5) is 0 Å². The van der Waals surface area contributed by atoms with Crippen LogP contribution in [0.15, 0.2) is 43.0 Å². The Morgan fingerprint density at radius 1 is 1.47 bits per heavy atom. The molecule has 2 unspecified atom stereocenters. The Morgan fingerprint density at radius 2 is 2.11 bits per heavy atom. The molecule has 2 rings (SSSR count). The van der Waals surface area contributed by atoms with Crippen LogP contribution in [0.3, 0.4) is 0 Å².